The van der Waals surface area contributed by atoms with E-state index in [1.807, 2.05) is 16.7 Å². The maximum atomic E-state index is 13.3. The Labute approximate surface area is 277 Å². The zero-order valence-corrected chi connectivity index (χ0v) is 27.8. The molecule has 1 atom stereocenters. The highest BCUT2D eigenvalue weighted by molar-refractivity contribution is 5.95. The Morgan fingerprint density at radius 2 is 1.81 bits per heavy atom. The number of amides is 1. The zero-order chi connectivity index (χ0) is 32.5. The number of fused-ring (bicyclic) bond motifs is 3. The van der Waals surface area contributed by atoms with Gasteiger partial charge in [-0.15, -0.1) is 0 Å². The molecular weight excluding hydrogens is 592 g/mol. The third-order valence-corrected chi connectivity index (χ3v) is 10.7. The largest absolute Gasteiger partial charge is 0.495 e. The van der Waals surface area contributed by atoms with E-state index >= 15 is 0 Å². The SMILES string of the molecule is CCC1c2c(C#N)ncn2-c2cnc(Nc3ccc(C(=O)NC4CCC(N5CCN(C)CC5)CC4)cc3OC)nc2N1C1CCCC1. The number of ether oxygens (including phenoxy) is 1. The van der Waals surface area contributed by atoms with Crippen molar-refractivity contribution in [2.24, 2.45) is 0 Å². The number of hydrogen-bond donors (Lipinski definition) is 2. The summed E-state index contributed by atoms with van der Waals surface area (Å²) in [5.41, 5.74) is 3.45. The van der Waals surface area contributed by atoms with Crippen LogP contribution in [0.3, 0.4) is 0 Å². The van der Waals surface area contributed by atoms with E-state index in [-0.39, 0.29) is 18.0 Å². The summed E-state index contributed by atoms with van der Waals surface area (Å²) in [7, 11) is 3.80. The molecular formula is C35H46N10O2. The van der Waals surface area contributed by atoms with Crippen LogP contribution in [0.5, 0.6) is 5.75 Å². The van der Waals surface area contributed by atoms with Gasteiger partial charge in [0.15, 0.2) is 11.5 Å². The fraction of sp³-hybridized carbons (Fsp3) is 0.571. The molecule has 0 bridgehead atoms. The first-order valence-electron chi connectivity index (χ1n) is 17.3. The van der Waals surface area contributed by atoms with E-state index in [9.17, 15) is 10.1 Å². The molecule has 2 saturated carbocycles. The Bertz CT molecular complexity index is 1630. The van der Waals surface area contributed by atoms with Crippen LogP contribution in [-0.4, -0.2) is 93.7 Å². The van der Waals surface area contributed by atoms with E-state index in [4.69, 9.17) is 9.72 Å². The molecule has 2 aromatic heterocycles. The Kier molecular flexibility index (Phi) is 9.01. The van der Waals surface area contributed by atoms with Gasteiger partial charge in [-0.1, -0.05) is 19.8 Å². The Balaban J connectivity index is 1.06. The molecule has 47 heavy (non-hydrogen) atoms. The molecule has 248 valence electrons. The quantitative estimate of drug-likeness (QED) is 0.356. The lowest BCUT2D eigenvalue weighted by Crippen LogP contribution is -2.51. The fourth-order valence-electron chi connectivity index (χ4n) is 8.12. The number of imidazole rings is 1. The highest BCUT2D eigenvalue weighted by atomic mass is 16.5. The van der Waals surface area contributed by atoms with Crippen molar-refractivity contribution in [3.05, 3.63) is 47.7 Å². The summed E-state index contributed by atoms with van der Waals surface area (Å²) >= 11 is 0. The highest BCUT2D eigenvalue weighted by Gasteiger charge is 2.39. The number of methoxy groups -OCH3 is 1. The van der Waals surface area contributed by atoms with Crippen LogP contribution in [0.15, 0.2) is 30.7 Å². The monoisotopic (exact) mass is 638 g/mol. The number of nitriles is 1. The summed E-state index contributed by atoms with van der Waals surface area (Å²) in [6.07, 6.45) is 13.2. The van der Waals surface area contributed by atoms with Gasteiger partial charge in [-0.25, -0.2) is 9.97 Å². The number of carbonyl (C=O) groups excluding carboxylic acids is 1. The second-order valence-corrected chi connectivity index (χ2v) is 13.5. The van der Waals surface area contributed by atoms with E-state index in [1.54, 1.807) is 25.7 Å². The first-order chi connectivity index (χ1) is 23.0. The van der Waals surface area contributed by atoms with Gasteiger partial charge in [-0.05, 0) is 70.2 Å². The average Bonchev–Trinajstić information content (AvgIpc) is 3.79. The van der Waals surface area contributed by atoms with Gasteiger partial charge in [-0.3, -0.25) is 14.3 Å². The van der Waals surface area contributed by atoms with Crippen molar-refractivity contribution >= 4 is 23.4 Å². The molecule has 1 amide bonds. The number of nitrogens with one attached hydrogen (secondary N) is 2. The lowest BCUT2D eigenvalue weighted by atomic mass is 9.89. The van der Waals surface area contributed by atoms with E-state index in [2.05, 4.69) is 55.3 Å². The molecule has 4 aliphatic rings. The summed E-state index contributed by atoms with van der Waals surface area (Å²) < 4.78 is 7.71. The van der Waals surface area contributed by atoms with Crippen molar-refractivity contribution in [3.63, 3.8) is 0 Å². The standard InChI is InChI=1S/C35H46N10O2/c1-4-29-32-28(20-36)38-22-44(32)30-21-37-35(41-33(30)45(29)26-7-5-6-8-26)40-27-14-9-23(19-31(27)47-3)34(46)39-24-10-12-25(13-11-24)43-17-15-42(2)16-18-43/h9,14,19,21-22,24-26,29H,4-8,10-13,15-18H2,1-3H3,(H,39,46)(H,37,40,41). The molecule has 2 N–H and O–H groups in total. The number of nitrogens with zero attached hydrogens (tertiary/aromatic N) is 8. The van der Waals surface area contributed by atoms with Gasteiger partial charge in [0.2, 0.25) is 5.95 Å². The molecule has 2 aliphatic carbocycles. The number of carbonyl (C=O) groups is 1. The smallest absolute Gasteiger partial charge is 0.251 e. The molecule has 12 heteroatoms. The first-order valence-corrected chi connectivity index (χ1v) is 17.3. The zero-order valence-electron chi connectivity index (χ0n) is 27.8. The van der Waals surface area contributed by atoms with Crippen LogP contribution in [0.25, 0.3) is 5.69 Å². The van der Waals surface area contributed by atoms with Crippen LogP contribution in [0, 0.1) is 11.3 Å². The van der Waals surface area contributed by atoms with Crippen LogP contribution in [0.1, 0.15) is 92.5 Å². The lowest BCUT2D eigenvalue weighted by molar-refractivity contribution is 0.0790. The van der Waals surface area contributed by atoms with E-state index in [0.29, 0.717) is 40.7 Å². The third-order valence-electron chi connectivity index (χ3n) is 10.7. The maximum Gasteiger partial charge on any atom is 0.251 e. The van der Waals surface area contributed by atoms with Crippen LogP contribution in [-0.2, 0) is 0 Å². The summed E-state index contributed by atoms with van der Waals surface area (Å²) in [6.45, 7) is 6.70. The van der Waals surface area contributed by atoms with Crippen molar-refractivity contribution in [3.8, 4) is 17.5 Å². The molecule has 12 nitrogen and oxygen atoms in total. The third kappa shape index (κ3) is 6.14. The van der Waals surface area contributed by atoms with Gasteiger partial charge >= 0.3 is 0 Å². The molecule has 7 rings (SSSR count). The van der Waals surface area contributed by atoms with Crippen LogP contribution >= 0.6 is 0 Å². The second kappa shape index (κ2) is 13.5. The Hall–Kier alpha value is -4.21. The molecule has 4 heterocycles. The molecule has 0 spiro atoms. The number of piperazine rings is 1. The van der Waals surface area contributed by atoms with Crippen molar-refractivity contribution < 1.29 is 9.53 Å². The normalized spacial score (nSPS) is 23.5. The van der Waals surface area contributed by atoms with Gasteiger partial charge in [-0.2, -0.15) is 10.2 Å². The molecule has 3 aromatic rings. The van der Waals surface area contributed by atoms with Gasteiger partial charge in [0.1, 0.15) is 23.8 Å². The van der Waals surface area contributed by atoms with E-state index in [1.165, 1.54) is 12.8 Å². The number of benzene rings is 1. The minimum atomic E-state index is -0.0754. The van der Waals surface area contributed by atoms with Crippen LogP contribution < -0.4 is 20.3 Å². The number of rotatable bonds is 8. The lowest BCUT2D eigenvalue weighted by Gasteiger charge is -2.41. The Morgan fingerprint density at radius 1 is 1.04 bits per heavy atom. The number of aromatic nitrogens is 4. The molecule has 3 fully saturated rings. The van der Waals surface area contributed by atoms with Crippen LogP contribution in [0.2, 0.25) is 0 Å². The number of hydrogen-bond acceptors (Lipinski definition) is 10. The minimum Gasteiger partial charge on any atom is -0.495 e. The van der Waals surface area contributed by atoms with Gasteiger partial charge in [0, 0.05) is 49.9 Å². The predicted molar refractivity (Wildman–Crippen MR) is 180 cm³/mol. The van der Waals surface area contributed by atoms with Gasteiger partial charge in [0.25, 0.3) is 5.91 Å². The molecule has 1 saturated heterocycles. The van der Waals surface area contributed by atoms with E-state index in [0.717, 1.165) is 88.3 Å². The summed E-state index contributed by atoms with van der Waals surface area (Å²) in [4.78, 5) is 34.9. The maximum absolute atomic E-state index is 13.3. The van der Waals surface area contributed by atoms with Gasteiger partial charge in [0.05, 0.1) is 30.7 Å². The summed E-state index contributed by atoms with van der Waals surface area (Å²) in [5.74, 6) is 1.76. The van der Waals surface area contributed by atoms with Crippen molar-refractivity contribution in [1.82, 2.24) is 34.6 Å². The molecule has 0 radical (unpaired) electrons. The Morgan fingerprint density at radius 3 is 2.51 bits per heavy atom. The van der Waals surface area contributed by atoms with Crippen LogP contribution in [0.4, 0.5) is 17.5 Å². The minimum absolute atomic E-state index is 0.000308. The summed E-state index contributed by atoms with van der Waals surface area (Å²) in [5, 5.41) is 16.5. The highest BCUT2D eigenvalue weighted by Crippen LogP contribution is 2.44. The predicted octanol–water partition coefficient (Wildman–Crippen LogP) is 4.79. The fourth-order valence-corrected chi connectivity index (χ4v) is 8.12. The average molecular weight is 639 g/mol. The first kappa shape index (κ1) is 31.4. The molecule has 2 aliphatic heterocycles. The van der Waals surface area contributed by atoms with Crippen molar-refractivity contribution in [2.75, 3.05) is 50.6 Å². The molecule has 1 aromatic carbocycles. The van der Waals surface area contributed by atoms with Gasteiger partial charge < -0.3 is 25.2 Å². The number of anilines is 3. The molecule has 1 unspecified atom stereocenters. The van der Waals surface area contributed by atoms with Crippen molar-refractivity contribution in [1.29, 1.82) is 5.26 Å². The van der Waals surface area contributed by atoms with E-state index < -0.39 is 0 Å². The topological polar surface area (TPSA) is 127 Å². The second-order valence-electron chi connectivity index (χ2n) is 13.5. The van der Waals surface area contributed by atoms with Crippen molar-refractivity contribution in [2.45, 2.75) is 88.9 Å². The summed E-state index contributed by atoms with van der Waals surface area (Å²) in [6, 6.07) is 8.91. The number of likely N-dealkylation sites (N-methyl/N-ethyl adjacent to an activating group) is 1.